The maximum absolute atomic E-state index is 15.7. The molecule has 0 aromatic heterocycles. The largest absolute Gasteiger partial charge is 0.381 e. The molecule has 3 aliphatic rings. The molecule has 2 aromatic rings. The van der Waals surface area contributed by atoms with Crippen LogP contribution in [0.4, 0.5) is 13.2 Å². The number of hydrogen-bond donors (Lipinski definition) is 2. The Bertz CT molecular complexity index is 1300. The highest BCUT2D eigenvalue weighted by Gasteiger charge is 2.62. The van der Waals surface area contributed by atoms with Gasteiger partial charge in [-0.25, -0.2) is 26.3 Å². The second-order valence-electron chi connectivity index (χ2n) is 10.9. The Balaban J connectivity index is 1.53. The lowest BCUT2D eigenvalue weighted by Crippen LogP contribution is -2.53. The van der Waals surface area contributed by atoms with E-state index in [0.717, 1.165) is 12.1 Å². The minimum atomic E-state index is -3.61. The smallest absolute Gasteiger partial charge is 0.254 e. The molecule has 194 valence electrons. The molecule has 1 heterocycles. The van der Waals surface area contributed by atoms with Crippen molar-refractivity contribution >= 4 is 15.9 Å². The number of carbonyl (C=O) groups excluding carboxylic acids is 1. The summed E-state index contributed by atoms with van der Waals surface area (Å²) in [5.41, 5.74) is -1.94. The van der Waals surface area contributed by atoms with Crippen molar-refractivity contribution in [2.45, 2.75) is 68.9 Å². The Morgan fingerprint density at radius 2 is 1.78 bits per heavy atom. The van der Waals surface area contributed by atoms with Gasteiger partial charge in [0, 0.05) is 29.6 Å². The molecule has 36 heavy (non-hydrogen) atoms. The number of carbonyl (C=O) groups is 1. The Hall–Kier alpha value is -2.43. The van der Waals surface area contributed by atoms with E-state index in [0.29, 0.717) is 31.7 Å². The summed E-state index contributed by atoms with van der Waals surface area (Å²) in [4.78, 5) is 14.7. The van der Waals surface area contributed by atoms with Crippen LogP contribution in [0.15, 0.2) is 36.4 Å². The molecule has 5 rings (SSSR count). The van der Waals surface area contributed by atoms with Gasteiger partial charge in [-0.1, -0.05) is 18.2 Å². The molecule has 1 saturated heterocycles. The van der Waals surface area contributed by atoms with E-state index in [-0.39, 0.29) is 29.7 Å². The number of hydrogen-bond acceptors (Lipinski definition) is 4. The van der Waals surface area contributed by atoms with E-state index in [4.69, 9.17) is 0 Å². The van der Waals surface area contributed by atoms with Gasteiger partial charge in [-0.05, 0) is 69.2 Å². The van der Waals surface area contributed by atoms with Crippen molar-refractivity contribution in [1.82, 2.24) is 9.62 Å². The van der Waals surface area contributed by atoms with Crippen LogP contribution in [0.25, 0.3) is 11.1 Å². The lowest BCUT2D eigenvalue weighted by molar-refractivity contribution is -0.149. The number of aliphatic hydroxyl groups is 1. The van der Waals surface area contributed by atoms with Crippen molar-refractivity contribution in [2.24, 2.45) is 5.41 Å². The molecule has 0 unspecified atom stereocenters. The van der Waals surface area contributed by atoms with Crippen molar-refractivity contribution in [3.63, 3.8) is 0 Å². The summed E-state index contributed by atoms with van der Waals surface area (Å²) in [5.74, 6) is -2.93. The SMILES string of the molecule is CC(C)(O)C(=O)N1CC2(CC2)[C@H](NS(=O)(=O)C2CC2)[C@@H]1Cc1cccc(-c2cc(F)cc(F)c2)c1F. The first-order valence-electron chi connectivity index (χ1n) is 12.1. The van der Waals surface area contributed by atoms with Gasteiger partial charge in [0.1, 0.15) is 23.1 Å². The van der Waals surface area contributed by atoms with E-state index in [1.54, 1.807) is 6.07 Å². The van der Waals surface area contributed by atoms with E-state index in [2.05, 4.69) is 4.72 Å². The molecule has 6 nitrogen and oxygen atoms in total. The summed E-state index contributed by atoms with van der Waals surface area (Å²) in [6.45, 7) is 3.00. The summed E-state index contributed by atoms with van der Waals surface area (Å²) in [5, 5.41) is 10.0. The van der Waals surface area contributed by atoms with Gasteiger partial charge in [0.05, 0.1) is 11.3 Å². The average molecular weight is 523 g/mol. The summed E-state index contributed by atoms with van der Waals surface area (Å²) in [6, 6.07) is 5.90. The highest BCUT2D eigenvalue weighted by molar-refractivity contribution is 7.90. The molecule has 2 N–H and O–H groups in total. The van der Waals surface area contributed by atoms with Gasteiger partial charge in [-0.3, -0.25) is 4.79 Å². The highest BCUT2D eigenvalue weighted by atomic mass is 32.2. The van der Waals surface area contributed by atoms with Crippen LogP contribution in [0.5, 0.6) is 0 Å². The second-order valence-corrected chi connectivity index (χ2v) is 12.9. The zero-order chi connectivity index (χ0) is 26.0. The van der Waals surface area contributed by atoms with Crippen molar-refractivity contribution in [3.05, 3.63) is 59.4 Å². The van der Waals surface area contributed by atoms with Crippen LogP contribution < -0.4 is 4.72 Å². The molecular weight excluding hydrogens is 493 g/mol. The number of rotatable bonds is 7. The van der Waals surface area contributed by atoms with Crippen LogP contribution >= 0.6 is 0 Å². The number of halogens is 3. The number of amides is 1. The lowest BCUT2D eigenvalue weighted by atomic mass is 9.91. The fraction of sp³-hybridized carbons (Fsp3) is 0.500. The van der Waals surface area contributed by atoms with Crippen LogP contribution in [0, 0.1) is 22.9 Å². The van der Waals surface area contributed by atoms with Gasteiger partial charge in [-0.15, -0.1) is 0 Å². The molecule has 1 aliphatic heterocycles. The molecule has 10 heteroatoms. The third-order valence-corrected chi connectivity index (χ3v) is 9.47. The van der Waals surface area contributed by atoms with E-state index < -0.39 is 61.7 Å². The highest BCUT2D eigenvalue weighted by Crippen LogP contribution is 2.56. The second kappa shape index (κ2) is 8.56. The normalized spacial score (nSPS) is 23.3. The third-order valence-electron chi connectivity index (χ3n) is 7.54. The van der Waals surface area contributed by atoms with E-state index in [1.807, 2.05) is 0 Å². The van der Waals surface area contributed by atoms with Crippen LogP contribution in [0.3, 0.4) is 0 Å². The Morgan fingerprint density at radius 1 is 1.14 bits per heavy atom. The average Bonchev–Trinajstić information content (AvgIpc) is 3.68. The standard InChI is InChI=1S/C26H29F3N2O4S/c1-25(2,33)24(32)31-14-26(8-9-26)23(30-36(34,35)19-6-7-19)21(31)12-15-4-3-5-20(22(15)29)16-10-17(27)13-18(28)11-16/h3-5,10-11,13,19,21,23,30,33H,6-9,12,14H2,1-2H3/t21-,23+/m0/s1. The van der Waals surface area contributed by atoms with Gasteiger partial charge in [0.15, 0.2) is 0 Å². The van der Waals surface area contributed by atoms with Crippen LogP contribution in [0.2, 0.25) is 0 Å². The Labute approximate surface area is 208 Å². The first kappa shape index (κ1) is 25.2. The minimum Gasteiger partial charge on any atom is -0.381 e. The van der Waals surface area contributed by atoms with Gasteiger partial charge in [0.2, 0.25) is 10.0 Å². The van der Waals surface area contributed by atoms with Crippen molar-refractivity contribution in [3.8, 4) is 11.1 Å². The van der Waals surface area contributed by atoms with Crippen LogP contribution in [-0.2, 0) is 21.2 Å². The summed E-state index contributed by atoms with van der Waals surface area (Å²) < 4.78 is 71.9. The maximum atomic E-state index is 15.7. The molecule has 1 amide bonds. The first-order valence-corrected chi connectivity index (χ1v) is 13.6. The van der Waals surface area contributed by atoms with E-state index in [1.165, 1.54) is 30.9 Å². The number of nitrogens with zero attached hydrogens (tertiary/aromatic N) is 1. The van der Waals surface area contributed by atoms with Gasteiger partial charge in [0.25, 0.3) is 5.91 Å². The monoisotopic (exact) mass is 522 g/mol. The predicted molar refractivity (Wildman–Crippen MR) is 128 cm³/mol. The predicted octanol–water partition coefficient (Wildman–Crippen LogP) is 3.53. The van der Waals surface area contributed by atoms with Gasteiger partial charge >= 0.3 is 0 Å². The Morgan fingerprint density at radius 3 is 2.33 bits per heavy atom. The molecule has 2 atom stereocenters. The molecular formula is C26H29F3N2O4S. The van der Waals surface area contributed by atoms with Gasteiger partial charge in [-0.2, -0.15) is 0 Å². The fourth-order valence-corrected chi connectivity index (χ4v) is 7.03. The molecule has 1 spiro atoms. The van der Waals surface area contributed by atoms with E-state index >= 15 is 4.39 Å². The number of nitrogens with one attached hydrogen (secondary N) is 1. The Kier molecular flexibility index (Phi) is 6.00. The molecule has 0 radical (unpaired) electrons. The maximum Gasteiger partial charge on any atom is 0.254 e. The van der Waals surface area contributed by atoms with Crippen molar-refractivity contribution in [1.29, 1.82) is 0 Å². The molecule has 2 saturated carbocycles. The molecule has 3 fully saturated rings. The van der Waals surface area contributed by atoms with Crippen LogP contribution in [-0.4, -0.2) is 53.8 Å². The third kappa shape index (κ3) is 4.66. The molecule has 0 bridgehead atoms. The quantitative estimate of drug-likeness (QED) is 0.583. The van der Waals surface area contributed by atoms with Crippen molar-refractivity contribution < 1.29 is 31.5 Å². The number of likely N-dealkylation sites (tertiary alicyclic amines) is 1. The molecule has 2 aromatic carbocycles. The number of benzene rings is 2. The zero-order valence-electron chi connectivity index (χ0n) is 20.1. The minimum absolute atomic E-state index is 0.000470. The summed E-state index contributed by atoms with van der Waals surface area (Å²) >= 11 is 0. The summed E-state index contributed by atoms with van der Waals surface area (Å²) in [6.07, 6.45) is 2.54. The van der Waals surface area contributed by atoms with E-state index in [9.17, 15) is 27.1 Å². The first-order chi connectivity index (χ1) is 16.8. The van der Waals surface area contributed by atoms with Gasteiger partial charge < -0.3 is 10.0 Å². The molecule has 2 aliphatic carbocycles. The zero-order valence-corrected chi connectivity index (χ0v) is 20.9. The van der Waals surface area contributed by atoms with Crippen molar-refractivity contribution in [2.75, 3.05) is 6.54 Å². The van der Waals surface area contributed by atoms with Crippen LogP contribution in [0.1, 0.15) is 45.1 Å². The fourth-order valence-electron chi connectivity index (χ4n) is 5.32. The summed E-state index contributed by atoms with van der Waals surface area (Å²) in [7, 11) is -3.61. The number of sulfonamides is 1. The topological polar surface area (TPSA) is 86.7 Å². The lowest BCUT2D eigenvalue weighted by Gasteiger charge is -2.33.